The molecule has 0 atom stereocenters. The van der Waals surface area contributed by atoms with E-state index in [0.29, 0.717) is 12.3 Å². The van der Waals surface area contributed by atoms with E-state index in [2.05, 4.69) is 6.92 Å². The highest BCUT2D eigenvalue weighted by atomic mass is 16.5. The number of methoxy groups -OCH3 is 1. The second-order valence-corrected chi connectivity index (χ2v) is 6.07. The van der Waals surface area contributed by atoms with Crippen molar-refractivity contribution in [1.82, 2.24) is 0 Å². The summed E-state index contributed by atoms with van der Waals surface area (Å²) in [5.74, 6) is 1.58. The SMILES string of the molecule is COc1c(C(=O)CC2CCCCCC2)ccc(C)c1C. The number of ether oxygens (including phenoxy) is 1. The fraction of sp³-hybridized carbons (Fsp3) is 0.611. The van der Waals surface area contributed by atoms with Crippen LogP contribution in [0.5, 0.6) is 5.75 Å². The number of carbonyl (C=O) groups is 1. The van der Waals surface area contributed by atoms with Crippen LogP contribution in [0.4, 0.5) is 0 Å². The Kier molecular flexibility index (Phi) is 5.22. The van der Waals surface area contributed by atoms with E-state index in [-0.39, 0.29) is 5.78 Å². The summed E-state index contributed by atoms with van der Waals surface area (Å²) in [6.07, 6.45) is 8.32. The number of ketones is 1. The molecule has 0 heterocycles. The van der Waals surface area contributed by atoms with E-state index in [1.165, 1.54) is 44.1 Å². The van der Waals surface area contributed by atoms with Gasteiger partial charge in [0.15, 0.2) is 5.78 Å². The van der Waals surface area contributed by atoms with Gasteiger partial charge in [0.05, 0.1) is 12.7 Å². The topological polar surface area (TPSA) is 26.3 Å². The van der Waals surface area contributed by atoms with Gasteiger partial charge < -0.3 is 4.74 Å². The van der Waals surface area contributed by atoms with Crippen LogP contribution in [0.1, 0.15) is 66.4 Å². The Morgan fingerprint density at radius 2 is 1.80 bits per heavy atom. The largest absolute Gasteiger partial charge is 0.496 e. The maximum atomic E-state index is 12.6. The van der Waals surface area contributed by atoms with Crippen LogP contribution >= 0.6 is 0 Å². The van der Waals surface area contributed by atoms with Gasteiger partial charge in [-0.3, -0.25) is 4.79 Å². The normalized spacial score (nSPS) is 16.8. The van der Waals surface area contributed by atoms with Crippen molar-refractivity contribution in [2.24, 2.45) is 5.92 Å². The van der Waals surface area contributed by atoms with Gasteiger partial charge in [0.25, 0.3) is 0 Å². The van der Waals surface area contributed by atoms with Crippen molar-refractivity contribution in [2.45, 2.75) is 58.8 Å². The molecule has 110 valence electrons. The molecule has 1 aliphatic carbocycles. The molecule has 0 spiro atoms. The van der Waals surface area contributed by atoms with Crippen LogP contribution in [0.2, 0.25) is 0 Å². The van der Waals surface area contributed by atoms with E-state index in [1.807, 2.05) is 19.1 Å². The van der Waals surface area contributed by atoms with Gasteiger partial charge in [-0.2, -0.15) is 0 Å². The van der Waals surface area contributed by atoms with E-state index >= 15 is 0 Å². The van der Waals surface area contributed by atoms with Crippen LogP contribution in [-0.4, -0.2) is 12.9 Å². The molecule has 2 heteroatoms. The van der Waals surface area contributed by atoms with Crippen LogP contribution in [0, 0.1) is 19.8 Å². The first kappa shape index (κ1) is 15.1. The molecule has 2 nitrogen and oxygen atoms in total. The summed E-state index contributed by atoms with van der Waals surface area (Å²) < 4.78 is 5.47. The lowest BCUT2D eigenvalue weighted by molar-refractivity contribution is 0.0954. The number of Topliss-reactive ketones (excluding diaryl/α,β-unsaturated/α-hetero) is 1. The highest BCUT2D eigenvalue weighted by Crippen LogP contribution is 2.31. The second-order valence-electron chi connectivity index (χ2n) is 6.07. The Morgan fingerprint density at radius 3 is 2.40 bits per heavy atom. The van der Waals surface area contributed by atoms with Crippen molar-refractivity contribution in [3.8, 4) is 5.75 Å². The van der Waals surface area contributed by atoms with Gasteiger partial charge >= 0.3 is 0 Å². The quantitative estimate of drug-likeness (QED) is 0.579. The monoisotopic (exact) mass is 274 g/mol. The maximum Gasteiger partial charge on any atom is 0.166 e. The van der Waals surface area contributed by atoms with E-state index < -0.39 is 0 Å². The highest BCUT2D eigenvalue weighted by molar-refractivity contribution is 5.99. The molecule has 0 saturated heterocycles. The average Bonchev–Trinajstić information content (AvgIpc) is 2.70. The van der Waals surface area contributed by atoms with E-state index in [9.17, 15) is 4.79 Å². The summed E-state index contributed by atoms with van der Waals surface area (Å²) in [5.41, 5.74) is 3.02. The molecular formula is C18H26O2. The van der Waals surface area contributed by atoms with Crippen LogP contribution in [0.3, 0.4) is 0 Å². The Morgan fingerprint density at radius 1 is 1.15 bits per heavy atom. The molecule has 0 N–H and O–H groups in total. The summed E-state index contributed by atoms with van der Waals surface area (Å²) in [5, 5.41) is 0. The van der Waals surface area contributed by atoms with Gasteiger partial charge in [-0.1, -0.05) is 44.6 Å². The summed E-state index contributed by atoms with van der Waals surface area (Å²) in [4.78, 5) is 12.6. The van der Waals surface area contributed by atoms with Gasteiger partial charge in [0, 0.05) is 6.42 Å². The van der Waals surface area contributed by atoms with Gasteiger partial charge in [0.1, 0.15) is 5.75 Å². The Hall–Kier alpha value is -1.31. The molecular weight excluding hydrogens is 248 g/mol. The zero-order valence-corrected chi connectivity index (χ0v) is 13.0. The number of carbonyl (C=O) groups excluding carboxylic acids is 1. The van der Waals surface area contributed by atoms with Crippen molar-refractivity contribution < 1.29 is 9.53 Å². The first-order valence-corrected chi connectivity index (χ1v) is 7.81. The molecule has 0 bridgehead atoms. The van der Waals surface area contributed by atoms with Gasteiger partial charge in [0.2, 0.25) is 0 Å². The fourth-order valence-electron chi connectivity index (χ4n) is 3.21. The molecule has 1 aliphatic rings. The molecule has 1 saturated carbocycles. The molecule has 20 heavy (non-hydrogen) atoms. The lowest BCUT2D eigenvalue weighted by atomic mass is 9.90. The van der Waals surface area contributed by atoms with Crippen LogP contribution < -0.4 is 4.74 Å². The lowest BCUT2D eigenvalue weighted by Gasteiger charge is -2.16. The van der Waals surface area contributed by atoms with Crippen molar-refractivity contribution in [3.63, 3.8) is 0 Å². The van der Waals surface area contributed by atoms with E-state index in [0.717, 1.165) is 16.9 Å². The Labute approximate surface area is 122 Å². The molecule has 0 aromatic heterocycles. The van der Waals surface area contributed by atoms with Gasteiger partial charge in [-0.05, 0) is 37.0 Å². The summed E-state index contributed by atoms with van der Waals surface area (Å²) in [7, 11) is 1.66. The van der Waals surface area contributed by atoms with Gasteiger partial charge in [-0.25, -0.2) is 0 Å². The number of hydrogen-bond donors (Lipinski definition) is 0. The van der Waals surface area contributed by atoms with Crippen molar-refractivity contribution in [1.29, 1.82) is 0 Å². The molecule has 2 rings (SSSR count). The minimum Gasteiger partial charge on any atom is -0.496 e. The van der Waals surface area contributed by atoms with E-state index in [1.54, 1.807) is 7.11 Å². The van der Waals surface area contributed by atoms with E-state index in [4.69, 9.17) is 4.74 Å². The molecule has 0 radical (unpaired) electrons. The molecule has 0 aliphatic heterocycles. The highest BCUT2D eigenvalue weighted by Gasteiger charge is 2.20. The molecule has 1 aromatic carbocycles. The third-order valence-electron chi connectivity index (χ3n) is 4.63. The predicted molar refractivity (Wildman–Crippen MR) is 82.6 cm³/mol. The van der Waals surface area contributed by atoms with Crippen molar-refractivity contribution >= 4 is 5.78 Å². The minimum absolute atomic E-state index is 0.247. The summed E-state index contributed by atoms with van der Waals surface area (Å²) in [6, 6.07) is 3.96. The summed E-state index contributed by atoms with van der Waals surface area (Å²) >= 11 is 0. The van der Waals surface area contributed by atoms with Crippen LogP contribution in [0.25, 0.3) is 0 Å². The van der Waals surface area contributed by atoms with Crippen LogP contribution in [0.15, 0.2) is 12.1 Å². The predicted octanol–water partition coefficient (Wildman–Crippen LogP) is 4.86. The summed E-state index contributed by atoms with van der Waals surface area (Å²) in [6.45, 7) is 4.08. The first-order valence-electron chi connectivity index (χ1n) is 7.81. The molecule has 1 aromatic rings. The fourth-order valence-corrected chi connectivity index (χ4v) is 3.21. The van der Waals surface area contributed by atoms with Gasteiger partial charge in [-0.15, -0.1) is 0 Å². The zero-order chi connectivity index (χ0) is 14.5. The zero-order valence-electron chi connectivity index (χ0n) is 13.0. The second kappa shape index (κ2) is 6.92. The molecule has 1 fully saturated rings. The number of hydrogen-bond acceptors (Lipinski definition) is 2. The third-order valence-corrected chi connectivity index (χ3v) is 4.63. The number of benzene rings is 1. The first-order chi connectivity index (χ1) is 9.63. The lowest BCUT2D eigenvalue weighted by Crippen LogP contribution is -2.10. The minimum atomic E-state index is 0.247. The van der Waals surface area contributed by atoms with Crippen LogP contribution in [-0.2, 0) is 0 Å². The van der Waals surface area contributed by atoms with Crippen molar-refractivity contribution in [3.05, 3.63) is 28.8 Å². The Bertz CT molecular complexity index is 469. The molecule has 0 unspecified atom stereocenters. The number of rotatable bonds is 4. The smallest absolute Gasteiger partial charge is 0.166 e. The van der Waals surface area contributed by atoms with Crippen molar-refractivity contribution in [2.75, 3.05) is 7.11 Å². The standard InChI is InChI=1S/C18H26O2/c1-13-10-11-16(18(20-3)14(13)2)17(19)12-15-8-6-4-5-7-9-15/h10-11,15H,4-9,12H2,1-3H3. The average molecular weight is 274 g/mol. The maximum absolute atomic E-state index is 12.6. The number of aryl methyl sites for hydroxylation is 1. The molecule has 0 amide bonds. The third kappa shape index (κ3) is 3.41. The Balaban J connectivity index is 2.14.